The molecule has 1 saturated heterocycles. The standard InChI is InChI=1S/C13H12F8N2.ClH/c14-8-7(9(15)11(17)12(18)10(8)16)6(5-13(19,20)21)23-3-1-22-2-4-23;/h6,22H,1-5H2;1H/t6-;/m1./s1. The summed E-state index contributed by atoms with van der Waals surface area (Å²) >= 11 is 0. The maximum Gasteiger partial charge on any atom is 0.390 e. The summed E-state index contributed by atoms with van der Waals surface area (Å²) in [6.07, 6.45) is -6.55. The third kappa shape index (κ3) is 4.28. The van der Waals surface area contributed by atoms with Crippen LogP contribution in [0.2, 0.25) is 0 Å². The Balaban J connectivity index is 0.00000288. The first-order chi connectivity index (χ1) is 10.6. The maximum absolute atomic E-state index is 13.9. The quantitative estimate of drug-likeness (QED) is 0.486. The first-order valence-corrected chi connectivity index (χ1v) is 6.66. The van der Waals surface area contributed by atoms with Gasteiger partial charge in [-0.25, -0.2) is 22.0 Å². The van der Waals surface area contributed by atoms with Crippen molar-refractivity contribution in [2.75, 3.05) is 26.2 Å². The fraction of sp³-hybridized carbons (Fsp3) is 0.538. The molecule has 1 aliphatic rings. The highest BCUT2D eigenvalue weighted by molar-refractivity contribution is 5.85. The van der Waals surface area contributed by atoms with Gasteiger partial charge < -0.3 is 5.32 Å². The second kappa shape index (κ2) is 7.83. The topological polar surface area (TPSA) is 15.3 Å². The van der Waals surface area contributed by atoms with Crippen molar-refractivity contribution in [3.8, 4) is 0 Å². The molecule has 1 aliphatic heterocycles. The summed E-state index contributed by atoms with van der Waals surface area (Å²) in [5, 5.41) is 2.83. The molecule has 0 radical (unpaired) electrons. The number of benzene rings is 1. The summed E-state index contributed by atoms with van der Waals surface area (Å²) in [5.74, 6) is -11.3. The molecule has 0 aliphatic carbocycles. The van der Waals surface area contributed by atoms with E-state index in [1.807, 2.05) is 0 Å². The molecule has 1 aromatic carbocycles. The number of piperazine rings is 1. The lowest BCUT2D eigenvalue weighted by atomic mass is 9.98. The molecule has 138 valence electrons. The minimum atomic E-state index is -4.84. The van der Waals surface area contributed by atoms with E-state index in [9.17, 15) is 35.1 Å². The van der Waals surface area contributed by atoms with Gasteiger partial charge in [-0.3, -0.25) is 4.90 Å². The average molecular weight is 385 g/mol. The lowest BCUT2D eigenvalue weighted by Gasteiger charge is -2.36. The summed E-state index contributed by atoms with van der Waals surface area (Å²) in [7, 11) is 0. The minimum absolute atomic E-state index is 0. The van der Waals surface area contributed by atoms with Crippen LogP contribution in [0.15, 0.2) is 0 Å². The van der Waals surface area contributed by atoms with Crippen LogP contribution in [0.3, 0.4) is 0 Å². The lowest BCUT2D eigenvalue weighted by Crippen LogP contribution is -2.46. The van der Waals surface area contributed by atoms with Gasteiger partial charge in [0.2, 0.25) is 5.82 Å². The molecule has 0 unspecified atom stereocenters. The van der Waals surface area contributed by atoms with Crippen molar-refractivity contribution in [1.29, 1.82) is 0 Å². The van der Waals surface area contributed by atoms with Gasteiger partial charge >= 0.3 is 6.18 Å². The van der Waals surface area contributed by atoms with Crippen molar-refractivity contribution in [3.05, 3.63) is 34.6 Å². The third-order valence-electron chi connectivity index (χ3n) is 3.59. The molecule has 0 bridgehead atoms. The van der Waals surface area contributed by atoms with E-state index in [0.29, 0.717) is 0 Å². The zero-order chi connectivity index (χ0) is 17.4. The van der Waals surface area contributed by atoms with Crippen molar-refractivity contribution in [2.45, 2.75) is 18.6 Å². The molecule has 0 saturated carbocycles. The molecule has 0 spiro atoms. The SMILES string of the molecule is Cl.Fc1c(F)c(F)c([C@@H](CC(F)(F)F)N2CCNCC2)c(F)c1F. The van der Waals surface area contributed by atoms with Crippen LogP contribution < -0.4 is 5.32 Å². The van der Waals surface area contributed by atoms with Crippen LogP contribution in [0.25, 0.3) is 0 Å². The smallest absolute Gasteiger partial charge is 0.314 e. The van der Waals surface area contributed by atoms with Gasteiger partial charge in [-0.05, 0) is 0 Å². The van der Waals surface area contributed by atoms with E-state index in [0.717, 1.165) is 4.90 Å². The predicted octanol–water partition coefficient (Wildman–Crippen LogP) is 3.70. The third-order valence-corrected chi connectivity index (χ3v) is 3.59. The van der Waals surface area contributed by atoms with Gasteiger partial charge in [-0.15, -0.1) is 12.4 Å². The summed E-state index contributed by atoms with van der Waals surface area (Å²) in [5.41, 5.74) is -1.44. The molecule has 0 amide bonds. The highest BCUT2D eigenvalue weighted by Gasteiger charge is 2.40. The molecular weight excluding hydrogens is 372 g/mol. The normalized spacial score (nSPS) is 17.5. The fourth-order valence-corrected chi connectivity index (χ4v) is 2.54. The highest BCUT2D eigenvalue weighted by atomic mass is 35.5. The number of nitrogens with zero attached hydrogens (tertiary/aromatic N) is 1. The number of nitrogens with one attached hydrogen (secondary N) is 1. The molecule has 2 nitrogen and oxygen atoms in total. The van der Waals surface area contributed by atoms with Gasteiger partial charge in [0, 0.05) is 37.8 Å². The number of rotatable bonds is 3. The molecule has 0 aromatic heterocycles. The Kier molecular flexibility index (Phi) is 6.83. The zero-order valence-corrected chi connectivity index (χ0v) is 12.8. The molecule has 24 heavy (non-hydrogen) atoms. The number of hydrogen-bond acceptors (Lipinski definition) is 2. The molecule has 2 rings (SSSR count). The van der Waals surface area contributed by atoms with Crippen LogP contribution in [0.4, 0.5) is 35.1 Å². The first-order valence-electron chi connectivity index (χ1n) is 6.66. The Morgan fingerprint density at radius 3 is 1.67 bits per heavy atom. The average Bonchev–Trinajstić information content (AvgIpc) is 2.50. The summed E-state index contributed by atoms with van der Waals surface area (Å²) < 4.78 is 106. The van der Waals surface area contributed by atoms with Crippen molar-refractivity contribution in [1.82, 2.24) is 10.2 Å². The van der Waals surface area contributed by atoms with Crippen LogP contribution >= 0.6 is 12.4 Å². The van der Waals surface area contributed by atoms with E-state index in [-0.39, 0.29) is 38.6 Å². The predicted molar refractivity (Wildman–Crippen MR) is 71.3 cm³/mol. The summed E-state index contributed by atoms with van der Waals surface area (Å²) in [6, 6.07) is -1.98. The molecule has 1 aromatic rings. The number of halogens is 9. The van der Waals surface area contributed by atoms with Gasteiger partial charge in [0.25, 0.3) is 0 Å². The maximum atomic E-state index is 13.9. The Hall–Kier alpha value is -1.13. The zero-order valence-electron chi connectivity index (χ0n) is 12.0. The Labute approximate surface area is 138 Å². The fourth-order valence-electron chi connectivity index (χ4n) is 2.54. The van der Waals surface area contributed by atoms with Gasteiger partial charge in [0.05, 0.1) is 6.42 Å². The van der Waals surface area contributed by atoms with Crippen LogP contribution in [0.1, 0.15) is 18.0 Å². The molecule has 1 atom stereocenters. The Morgan fingerprint density at radius 1 is 0.833 bits per heavy atom. The monoisotopic (exact) mass is 384 g/mol. The van der Waals surface area contributed by atoms with E-state index < -0.39 is 53.3 Å². The van der Waals surface area contributed by atoms with E-state index in [1.54, 1.807) is 0 Å². The lowest BCUT2D eigenvalue weighted by molar-refractivity contribution is -0.149. The van der Waals surface area contributed by atoms with Crippen molar-refractivity contribution in [3.63, 3.8) is 0 Å². The van der Waals surface area contributed by atoms with Crippen molar-refractivity contribution >= 4 is 12.4 Å². The van der Waals surface area contributed by atoms with Crippen molar-refractivity contribution < 1.29 is 35.1 Å². The minimum Gasteiger partial charge on any atom is -0.314 e. The van der Waals surface area contributed by atoms with E-state index in [4.69, 9.17) is 0 Å². The Morgan fingerprint density at radius 2 is 1.25 bits per heavy atom. The van der Waals surface area contributed by atoms with Crippen molar-refractivity contribution in [2.24, 2.45) is 0 Å². The van der Waals surface area contributed by atoms with E-state index in [2.05, 4.69) is 5.32 Å². The van der Waals surface area contributed by atoms with Crippen LogP contribution in [-0.2, 0) is 0 Å². The van der Waals surface area contributed by atoms with Gasteiger partial charge in [0.15, 0.2) is 23.3 Å². The largest absolute Gasteiger partial charge is 0.390 e. The number of alkyl halides is 3. The first kappa shape index (κ1) is 20.9. The van der Waals surface area contributed by atoms with Gasteiger partial charge in [-0.1, -0.05) is 0 Å². The Bertz CT molecular complexity index is 557. The summed E-state index contributed by atoms with van der Waals surface area (Å²) in [6.45, 7) is 0.452. The molecule has 11 heteroatoms. The summed E-state index contributed by atoms with van der Waals surface area (Å²) in [4.78, 5) is 1.06. The van der Waals surface area contributed by atoms with Crippen LogP contribution in [0.5, 0.6) is 0 Å². The molecule has 1 fully saturated rings. The molecule has 1 N–H and O–H groups in total. The van der Waals surface area contributed by atoms with E-state index >= 15 is 0 Å². The number of hydrogen-bond donors (Lipinski definition) is 1. The second-order valence-corrected chi connectivity index (χ2v) is 5.10. The molecule has 1 heterocycles. The van der Waals surface area contributed by atoms with Gasteiger partial charge in [0.1, 0.15) is 0 Å². The highest BCUT2D eigenvalue weighted by Crippen LogP contribution is 2.38. The van der Waals surface area contributed by atoms with Crippen LogP contribution in [-0.4, -0.2) is 37.3 Å². The van der Waals surface area contributed by atoms with Crippen LogP contribution in [0, 0.1) is 29.1 Å². The second-order valence-electron chi connectivity index (χ2n) is 5.10. The van der Waals surface area contributed by atoms with Gasteiger partial charge in [-0.2, -0.15) is 13.2 Å². The molecular formula is C13H13ClF8N2. The van der Waals surface area contributed by atoms with E-state index in [1.165, 1.54) is 0 Å².